The maximum absolute atomic E-state index is 11.6. The molecule has 2 saturated heterocycles. The summed E-state index contributed by atoms with van der Waals surface area (Å²) in [6.45, 7) is 6.57. The van der Waals surface area contributed by atoms with E-state index in [9.17, 15) is 8.42 Å². The van der Waals surface area contributed by atoms with Gasteiger partial charge in [0.15, 0.2) is 5.96 Å². The van der Waals surface area contributed by atoms with Gasteiger partial charge in [-0.2, -0.15) is 0 Å². The number of nitrogens with zero attached hydrogens (tertiary/aromatic N) is 3. The highest BCUT2D eigenvalue weighted by Gasteiger charge is 2.38. The predicted octanol–water partition coefficient (Wildman–Crippen LogP) is 0.534. The molecular formula is C16H32IN5O2S. The van der Waals surface area contributed by atoms with Gasteiger partial charge >= 0.3 is 0 Å². The van der Waals surface area contributed by atoms with Gasteiger partial charge in [0.1, 0.15) is 0 Å². The second-order valence-corrected chi connectivity index (χ2v) is 9.62. The molecule has 0 aromatic carbocycles. The van der Waals surface area contributed by atoms with Crippen LogP contribution in [0.15, 0.2) is 4.99 Å². The first-order valence-corrected chi connectivity index (χ1v) is 10.9. The molecule has 0 spiro atoms. The number of guanidine groups is 1. The third-order valence-electron chi connectivity index (χ3n) is 5.53. The number of likely N-dealkylation sites (tertiary alicyclic amines) is 1. The van der Waals surface area contributed by atoms with Crippen LogP contribution in [0.1, 0.15) is 26.2 Å². The van der Waals surface area contributed by atoms with Crippen LogP contribution in [0.4, 0.5) is 0 Å². The molecule has 7 nitrogen and oxygen atoms in total. The molecule has 0 aromatic rings. The van der Waals surface area contributed by atoms with Crippen molar-refractivity contribution in [3.05, 3.63) is 0 Å². The van der Waals surface area contributed by atoms with Crippen molar-refractivity contribution in [2.45, 2.75) is 38.3 Å². The van der Waals surface area contributed by atoms with Gasteiger partial charge in [0.05, 0.1) is 6.26 Å². The number of rotatable bonds is 5. The zero-order valence-electron chi connectivity index (χ0n) is 15.4. The monoisotopic (exact) mass is 485 g/mol. The van der Waals surface area contributed by atoms with Crippen LogP contribution in [-0.2, 0) is 10.0 Å². The minimum Gasteiger partial charge on any atom is -0.356 e. The Morgan fingerprint density at radius 2 is 1.92 bits per heavy atom. The summed E-state index contributed by atoms with van der Waals surface area (Å²) in [5.41, 5.74) is 0. The Balaban J connectivity index is 0.00000225. The van der Waals surface area contributed by atoms with Crippen LogP contribution >= 0.6 is 24.0 Å². The molecule has 0 amide bonds. The van der Waals surface area contributed by atoms with E-state index in [0.717, 1.165) is 31.5 Å². The summed E-state index contributed by atoms with van der Waals surface area (Å²) >= 11 is 0. The first kappa shape index (κ1) is 21.2. The average molecular weight is 485 g/mol. The second kappa shape index (κ2) is 8.71. The largest absolute Gasteiger partial charge is 0.356 e. The topological polar surface area (TPSA) is 77.0 Å². The fourth-order valence-corrected chi connectivity index (χ4v) is 4.72. The van der Waals surface area contributed by atoms with Crippen LogP contribution in [0.25, 0.3) is 0 Å². The van der Waals surface area contributed by atoms with E-state index in [0.29, 0.717) is 31.0 Å². The van der Waals surface area contributed by atoms with Crippen LogP contribution in [0, 0.1) is 11.8 Å². The molecule has 3 rings (SSSR count). The van der Waals surface area contributed by atoms with Crippen molar-refractivity contribution in [1.29, 1.82) is 0 Å². The summed E-state index contributed by atoms with van der Waals surface area (Å²) < 4.78 is 24.8. The molecule has 0 bridgehead atoms. The molecule has 2 N–H and O–H groups in total. The van der Waals surface area contributed by atoms with Crippen molar-refractivity contribution in [3.8, 4) is 0 Å². The third-order valence-corrected chi connectivity index (χ3v) is 6.80. The number of hydrogen-bond acceptors (Lipinski definition) is 4. The van der Waals surface area contributed by atoms with E-state index in [4.69, 9.17) is 0 Å². The van der Waals surface area contributed by atoms with Crippen molar-refractivity contribution in [3.63, 3.8) is 0 Å². The summed E-state index contributed by atoms with van der Waals surface area (Å²) in [6.07, 6.45) is 4.90. The van der Waals surface area contributed by atoms with Crippen molar-refractivity contribution in [2.24, 2.45) is 16.8 Å². The fraction of sp³-hybridized carbons (Fsp3) is 0.938. The zero-order valence-corrected chi connectivity index (χ0v) is 18.6. The lowest BCUT2D eigenvalue weighted by Crippen LogP contribution is -2.47. The number of hydrogen-bond donors (Lipinski definition) is 2. The minimum atomic E-state index is -3.06. The SMILES string of the molecule is CN=C(NCC1CCN(S(C)(=O)=O)C1)NC1CN(C2CC2)CC1C.I. The Hall–Kier alpha value is -0.130. The lowest BCUT2D eigenvalue weighted by molar-refractivity contribution is 0.315. The highest BCUT2D eigenvalue weighted by Crippen LogP contribution is 2.31. The first-order valence-electron chi connectivity index (χ1n) is 9.03. The van der Waals surface area contributed by atoms with Crippen molar-refractivity contribution >= 4 is 40.0 Å². The van der Waals surface area contributed by atoms with Crippen LogP contribution in [0.5, 0.6) is 0 Å². The van der Waals surface area contributed by atoms with Gasteiger partial charge in [-0.25, -0.2) is 12.7 Å². The van der Waals surface area contributed by atoms with Gasteiger partial charge in [-0.1, -0.05) is 6.92 Å². The van der Waals surface area contributed by atoms with Gasteiger partial charge in [-0.15, -0.1) is 24.0 Å². The quantitative estimate of drug-likeness (QED) is 0.338. The van der Waals surface area contributed by atoms with Crippen molar-refractivity contribution in [2.75, 3.05) is 46.0 Å². The number of nitrogens with one attached hydrogen (secondary N) is 2. The van der Waals surface area contributed by atoms with E-state index in [2.05, 4.69) is 27.4 Å². The molecule has 3 unspecified atom stereocenters. The molecule has 3 aliphatic rings. The van der Waals surface area contributed by atoms with Crippen LogP contribution < -0.4 is 10.6 Å². The molecule has 3 fully saturated rings. The Morgan fingerprint density at radius 1 is 1.20 bits per heavy atom. The van der Waals surface area contributed by atoms with E-state index in [1.807, 2.05) is 0 Å². The number of aliphatic imine (C=N–C) groups is 1. The molecule has 0 aromatic heterocycles. The smallest absolute Gasteiger partial charge is 0.211 e. The molecule has 1 aliphatic carbocycles. The molecule has 3 atom stereocenters. The van der Waals surface area contributed by atoms with Gasteiger partial charge in [-0.3, -0.25) is 9.89 Å². The third kappa shape index (κ3) is 5.67. The fourth-order valence-electron chi connectivity index (χ4n) is 3.81. The van der Waals surface area contributed by atoms with E-state index >= 15 is 0 Å². The summed E-state index contributed by atoms with van der Waals surface area (Å²) in [4.78, 5) is 6.94. The maximum atomic E-state index is 11.6. The van der Waals surface area contributed by atoms with Crippen LogP contribution in [0.2, 0.25) is 0 Å². The molecular weight excluding hydrogens is 453 g/mol. The van der Waals surface area contributed by atoms with Gasteiger partial charge in [0.25, 0.3) is 0 Å². The molecule has 0 radical (unpaired) electrons. The lowest BCUT2D eigenvalue weighted by atomic mass is 10.1. The summed E-state index contributed by atoms with van der Waals surface area (Å²) in [7, 11) is -1.26. The number of halogens is 1. The normalized spacial score (nSPS) is 31.8. The standard InChI is InChI=1S/C16H31N5O2S.HI/c1-12-9-20(14-4-5-14)11-15(12)19-16(17-2)18-8-13-6-7-21(10-13)24(3,22)23;/h12-15H,4-11H2,1-3H3,(H2,17,18,19);1H. The lowest BCUT2D eigenvalue weighted by Gasteiger charge is -2.21. The van der Waals surface area contributed by atoms with E-state index in [-0.39, 0.29) is 24.0 Å². The summed E-state index contributed by atoms with van der Waals surface area (Å²) in [5.74, 6) is 1.81. The predicted molar refractivity (Wildman–Crippen MR) is 112 cm³/mol. The molecule has 2 heterocycles. The molecule has 2 aliphatic heterocycles. The van der Waals surface area contributed by atoms with Crippen LogP contribution in [0.3, 0.4) is 0 Å². The van der Waals surface area contributed by atoms with E-state index in [1.54, 1.807) is 11.4 Å². The molecule has 9 heteroatoms. The van der Waals surface area contributed by atoms with Crippen LogP contribution in [-0.4, -0.2) is 81.7 Å². The molecule has 1 saturated carbocycles. The minimum absolute atomic E-state index is 0. The Labute approximate surface area is 169 Å². The molecule has 25 heavy (non-hydrogen) atoms. The first-order chi connectivity index (χ1) is 11.4. The van der Waals surface area contributed by atoms with Gasteiger partial charge < -0.3 is 10.6 Å². The highest BCUT2D eigenvalue weighted by atomic mass is 127. The van der Waals surface area contributed by atoms with Crippen molar-refractivity contribution in [1.82, 2.24) is 19.8 Å². The highest BCUT2D eigenvalue weighted by molar-refractivity contribution is 14.0. The van der Waals surface area contributed by atoms with Gasteiger partial charge in [-0.05, 0) is 31.1 Å². The van der Waals surface area contributed by atoms with E-state index in [1.165, 1.54) is 25.6 Å². The maximum Gasteiger partial charge on any atom is 0.211 e. The Bertz CT molecular complexity index is 581. The molecule has 146 valence electrons. The number of sulfonamides is 1. The summed E-state index contributed by atoms with van der Waals surface area (Å²) in [6, 6.07) is 1.25. The van der Waals surface area contributed by atoms with E-state index < -0.39 is 10.0 Å². The Kier molecular flexibility index (Phi) is 7.37. The average Bonchev–Trinajstić information content (AvgIpc) is 3.14. The Morgan fingerprint density at radius 3 is 2.48 bits per heavy atom. The zero-order chi connectivity index (χ0) is 17.3. The summed E-state index contributed by atoms with van der Waals surface area (Å²) in [5, 5.41) is 6.95. The van der Waals surface area contributed by atoms with Crippen molar-refractivity contribution < 1.29 is 8.42 Å². The second-order valence-electron chi connectivity index (χ2n) is 7.64. The van der Waals surface area contributed by atoms with Gasteiger partial charge in [0, 0.05) is 51.9 Å². The van der Waals surface area contributed by atoms with Gasteiger partial charge in [0.2, 0.25) is 10.0 Å².